The number of aryl methyl sites for hydroxylation is 1. The summed E-state index contributed by atoms with van der Waals surface area (Å²) in [5.41, 5.74) is 1.92. The Balaban J connectivity index is 1.84. The molecule has 1 heterocycles. The van der Waals surface area contributed by atoms with E-state index in [1.54, 1.807) is 25.1 Å². The Bertz CT molecular complexity index is 804. The highest BCUT2D eigenvalue weighted by atomic mass is 32.1. The van der Waals surface area contributed by atoms with Gasteiger partial charge in [0, 0.05) is 4.88 Å². The lowest BCUT2D eigenvalue weighted by Crippen LogP contribution is -2.21. The summed E-state index contributed by atoms with van der Waals surface area (Å²) < 4.78 is 19.0. The maximum absolute atomic E-state index is 13.8. The van der Waals surface area contributed by atoms with Crippen LogP contribution in [0.25, 0.3) is 0 Å². The van der Waals surface area contributed by atoms with Crippen molar-refractivity contribution in [2.24, 2.45) is 0 Å². The Hall–Kier alpha value is -1.99. The molecular weight excluding hydrogens is 359 g/mol. The SMILES string of the molecule is CCOC(=O)c1c(NC(=S)Nc2ccccc2F)sc2c1CCCC2. The van der Waals surface area contributed by atoms with E-state index in [0.29, 0.717) is 22.9 Å². The molecule has 0 saturated carbocycles. The fourth-order valence-electron chi connectivity index (χ4n) is 2.89. The maximum atomic E-state index is 13.8. The van der Waals surface area contributed by atoms with Gasteiger partial charge in [0.05, 0.1) is 17.9 Å². The Labute approximate surface area is 155 Å². The number of carbonyl (C=O) groups excluding carboxylic acids is 1. The van der Waals surface area contributed by atoms with E-state index in [2.05, 4.69) is 10.6 Å². The van der Waals surface area contributed by atoms with E-state index in [1.807, 2.05) is 0 Å². The van der Waals surface area contributed by atoms with E-state index in [4.69, 9.17) is 17.0 Å². The van der Waals surface area contributed by atoms with Crippen LogP contribution < -0.4 is 10.6 Å². The molecular formula is C18H19FN2O2S2. The van der Waals surface area contributed by atoms with Crippen LogP contribution in [-0.2, 0) is 17.6 Å². The van der Waals surface area contributed by atoms with Crippen LogP contribution in [0.1, 0.15) is 40.6 Å². The smallest absolute Gasteiger partial charge is 0.341 e. The Morgan fingerprint density at radius 1 is 1.28 bits per heavy atom. The van der Waals surface area contributed by atoms with Crippen LogP contribution >= 0.6 is 23.6 Å². The Kier molecular flexibility index (Phi) is 5.65. The number of hydrogen-bond donors (Lipinski definition) is 2. The molecule has 0 saturated heterocycles. The van der Waals surface area contributed by atoms with Crippen LogP contribution in [0, 0.1) is 5.82 Å². The van der Waals surface area contributed by atoms with Gasteiger partial charge in [-0.25, -0.2) is 9.18 Å². The highest BCUT2D eigenvalue weighted by molar-refractivity contribution is 7.80. The lowest BCUT2D eigenvalue weighted by atomic mass is 9.95. The summed E-state index contributed by atoms with van der Waals surface area (Å²) in [6, 6.07) is 6.30. The van der Waals surface area contributed by atoms with Crippen LogP contribution in [0.5, 0.6) is 0 Å². The van der Waals surface area contributed by atoms with Gasteiger partial charge in [-0.05, 0) is 62.5 Å². The van der Waals surface area contributed by atoms with Gasteiger partial charge in [-0.15, -0.1) is 11.3 Å². The third-order valence-corrected chi connectivity index (χ3v) is 5.41. The van der Waals surface area contributed by atoms with Gasteiger partial charge >= 0.3 is 5.97 Å². The molecule has 1 aliphatic rings. The molecule has 1 aromatic heterocycles. The molecule has 1 aliphatic carbocycles. The van der Waals surface area contributed by atoms with E-state index in [1.165, 1.54) is 22.3 Å². The zero-order valence-corrected chi connectivity index (χ0v) is 15.5. The average molecular weight is 378 g/mol. The zero-order valence-electron chi connectivity index (χ0n) is 13.9. The van der Waals surface area contributed by atoms with Gasteiger partial charge in [0.2, 0.25) is 0 Å². The predicted molar refractivity (Wildman–Crippen MR) is 103 cm³/mol. The average Bonchev–Trinajstić information content (AvgIpc) is 2.95. The van der Waals surface area contributed by atoms with Gasteiger partial charge < -0.3 is 15.4 Å². The van der Waals surface area contributed by atoms with Crippen molar-refractivity contribution < 1.29 is 13.9 Å². The molecule has 25 heavy (non-hydrogen) atoms. The van der Waals surface area contributed by atoms with Crippen molar-refractivity contribution in [3.05, 3.63) is 46.1 Å². The third kappa shape index (κ3) is 3.99. The number of benzene rings is 1. The van der Waals surface area contributed by atoms with Crippen LogP contribution in [0.4, 0.5) is 15.1 Å². The first kappa shape index (κ1) is 17.8. The molecule has 0 unspecified atom stereocenters. The van der Waals surface area contributed by atoms with Crippen LogP contribution in [0.15, 0.2) is 24.3 Å². The molecule has 1 aromatic carbocycles. The zero-order chi connectivity index (χ0) is 17.8. The number of carbonyl (C=O) groups is 1. The topological polar surface area (TPSA) is 50.4 Å². The number of para-hydroxylation sites is 1. The highest BCUT2D eigenvalue weighted by Gasteiger charge is 2.26. The number of thiophene rings is 1. The first-order chi connectivity index (χ1) is 12.1. The van der Waals surface area contributed by atoms with Crippen molar-refractivity contribution in [2.75, 3.05) is 17.2 Å². The van der Waals surface area contributed by atoms with Crippen molar-refractivity contribution in [1.82, 2.24) is 0 Å². The lowest BCUT2D eigenvalue weighted by Gasteiger charge is -2.13. The van der Waals surface area contributed by atoms with Gasteiger partial charge in [-0.1, -0.05) is 12.1 Å². The van der Waals surface area contributed by atoms with Gasteiger partial charge in [-0.2, -0.15) is 0 Å². The summed E-state index contributed by atoms with van der Waals surface area (Å²) in [5, 5.41) is 6.80. The molecule has 0 aliphatic heterocycles. The summed E-state index contributed by atoms with van der Waals surface area (Å²) in [6.07, 6.45) is 4.01. The maximum Gasteiger partial charge on any atom is 0.341 e. The number of halogens is 1. The minimum atomic E-state index is -0.386. The lowest BCUT2D eigenvalue weighted by molar-refractivity contribution is 0.0526. The number of thiocarbonyl (C=S) groups is 1. The molecule has 0 fully saturated rings. The second-order valence-corrected chi connectivity index (χ2v) is 7.21. The monoisotopic (exact) mass is 378 g/mol. The number of nitrogens with one attached hydrogen (secondary N) is 2. The fraction of sp³-hybridized carbons (Fsp3) is 0.333. The molecule has 0 spiro atoms. The molecule has 0 amide bonds. The molecule has 2 N–H and O–H groups in total. The van der Waals surface area contributed by atoms with Crippen molar-refractivity contribution in [1.29, 1.82) is 0 Å². The molecule has 7 heteroatoms. The number of ether oxygens (including phenoxy) is 1. The molecule has 132 valence electrons. The second-order valence-electron chi connectivity index (χ2n) is 5.69. The number of anilines is 2. The summed E-state index contributed by atoms with van der Waals surface area (Å²) in [5.74, 6) is -0.721. The summed E-state index contributed by atoms with van der Waals surface area (Å²) in [7, 11) is 0. The summed E-state index contributed by atoms with van der Waals surface area (Å²) in [4.78, 5) is 13.6. The van der Waals surface area contributed by atoms with Gasteiger partial charge in [0.25, 0.3) is 0 Å². The van der Waals surface area contributed by atoms with Crippen molar-refractivity contribution in [2.45, 2.75) is 32.6 Å². The molecule has 3 rings (SSSR count). The molecule has 0 radical (unpaired) electrons. The number of fused-ring (bicyclic) bond motifs is 1. The molecule has 0 atom stereocenters. The summed E-state index contributed by atoms with van der Waals surface area (Å²) >= 11 is 6.82. The largest absolute Gasteiger partial charge is 0.462 e. The van der Waals surface area contributed by atoms with Crippen LogP contribution in [0.2, 0.25) is 0 Å². The van der Waals surface area contributed by atoms with Gasteiger partial charge in [0.1, 0.15) is 10.8 Å². The Morgan fingerprint density at radius 2 is 2.04 bits per heavy atom. The van der Waals surface area contributed by atoms with Crippen LogP contribution in [0.3, 0.4) is 0 Å². The van der Waals surface area contributed by atoms with E-state index in [0.717, 1.165) is 31.2 Å². The number of rotatable bonds is 4. The minimum Gasteiger partial charge on any atom is -0.462 e. The molecule has 2 aromatic rings. The predicted octanol–water partition coefficient (Wildman–Crippen LogP) is 4.75. The third-order valence-electron chi connectivity index (χ3n) is 4.00. The van der Waals surface area contributed by atoms with E-state index in [-0.39, 0.29) is 16.9 Å². The van der Waals surface area contributed by atoms with E-state index in [9.17, 15) is 9.18 Å². The second kappa shape index (κ2) is 7.93. The number of hydrogen-bond acceptors (Lipinski definition) is 4. The standard InChI is InChI=1S/C18H19FN2O2S2/c1-2-23-17(22)15-11-7-3-6-10-14(11)25-16(15)21-18(24)20-13-9-5-4-8-12(13)19/h4-5,8-9H,2-3,6-7,10H2,1H3,(H2,20,21,24). The van der Waals surface area contributed by atoms with Crippen LogP contribution in [-0.4, -0.2) is 17.7 Å². The fourth-order valence-corrected chi connectivity index (χ4v) is 4.45. The Morgan fingerprint density at radius 3 is 2.80 bits per heavy atom. The van der Waals surface area contributed by atoms with E-state index >= 15 is 0 Å². The van der Waals surface area contributed by atoms with E-state index < -0.39 is 0 Å². The van der Waals surface area contributed by atoms with Crippen molar-refractivity contribution in [3.63, 3.8) is 0 Å². The van der Waals surface area contributed by atoms with Gasteiger partial charge in [0.15, 0.2) is 5.11 Å². The first-order valence-electron chi connectivity index (χ1n) is 8.24. The normalized spacial score (nSPS) is 13.0. The minimum absolute atomic E-state index is 0.245. The van der Waals surface area contributed by atoms with Crippen molar-refractivity contribution >= 4 is 45.3 Å². The quantitative estimate of drug-likeness (QED) is 0.594. The first-order valence-corrected chi connectivity index (χ1v) is 9.46. The highest BCUT2D eigenvalue weighted by Crippen LogP contribution is 2.38. The molecule has 0 bridgehead atoms. The van der Waals surface area contributed by atoms with Gasteiger partial charge in [-0.3, -0.25) is 0 Å². The molecule has 4 nitrogen and oxygen atoms in total. The summed E-state index contributed by atoms with van der Waals surface area (Å²) in [6.45, 7) is 2.11. The number of esters is 1. The van der Waals surface area contributed by atoms with Crippen molar-refractivity contribution in [3.8, 4) is 0 Å².